The fourth-order valence-corrected chi connectivity index (χ4v) is 2.15. The Morgan fingerprint density at radius 3 is 2.59 bits per heavy atom. The van der Waals surface area contributed by atoms with E-state index in [1.54, 1.807) is 4.68 Å². The van der Waals surface area contributed by atoms with Gasteiger partial charge in [-0.1, -0.05) is 36.8 Å². The van der Waals surface area contributed by atoms with Crippen molar-refractivity contribution >= 4 is 5.97 Å². The van der Waals surface area contributed by atoms with Crippen molar-refractivity contribution in [1.29, 1.82) is 0 Å². The van der Waals surface area contributed by atoms with Crippen molar-refractivity contribution in [3.63, 3.8) is 0 Å². The van der Waals surface area contributed by atoms with E-state index in [1.165, 1.54) is 5.56 Å². The van der Waals surface area contributed by atoms with Crippen LogP contribution in [0.1, 0.15) is 35.6 Å². The van der Waals surface area contributed by atoms with Crippen molar-refractivity contribution in [3.8, 4) is 5.75 Å². The summed E-state index contributed by atoms with van der Waals surface area (Å²) in [5, 5.41) is 16.9. The van der Waals surface area contributed by atoms with Crippen molar-refractivity contribution in [2.75, 3.05) is 6.61 Å². The molecule has 0 aliphatic heterocycles. The number of aryl methyl sites for hydroxylation is 1. The molecule has 0 aliphatic carbocycles. The van der Waals surface area contributed by atoms with E-state index in [-0.39, 0.29) is 5.69 Å². The molecule has 0 atom stereocenters. The number of carbonyl (C=O) groups is 1. The highest BCUT2D eigenvalue weighted by molar-refractivity contribution is 5.86. The van der Waals surface area contributed by atoms with Crippen molar-refractivity contribution < 1.29 is 14.6 Å². The summed E-state index contributed by atoms with van der Waals surface area (Å²) in [5.41, 5.74) is 1.85. The fraction of sp³-hybridized carbons (Fsp3) is 0.438. The van der Waals surface area contributed by atoms with E-state index in [0.29, 0.717) is 31.2 Å². The number of aromatic carboxylic acids is 1. The van der Waals surface area contributed by atoms with Gasteiger partial charge in [0.05, 0.1) is 12.2 Å². The molecule has 0 aliphatic rings. The first-order chi connectivity index (χ1) is 10.5. The van der Waals surface area contributed by atoms with Gasteiger partial charge in [0, 0.05) is 0 Å². The third-order valence-electron chi connectivity index (χ3n) is 3.23. The summed E-state index contributed by atoms with van der Waals surface area (Å²) in [7, 11) is 0. The zero-order valence-electron chi connectivity index (χ0n) is 13.1. The molecular formula is C16H21N3O3. The van der Waals surface area contributed by atoms with E-state index in [1.807, 2.05) is 45.0 Å². The van der Waals surface area contributed by atoms with E-state index in [4.69, 9.17) is 4.74 Å². The van der Waals surface area contributed by atoms with Gasteiger partial charge in [-0.3, -0.25) is 0 Å². The predicted molar refractivity (Wildman–Crippen MR) is 82.2 cm³/mol. The molecule has 22 heavy (non-hydrogen) atoms. The largest absolute Gasteiger partial charge is 0.492 e. The molecule has 1 aromatic heterocycles. The van der Waals surface area contributed by atoms with Crippen molar-refractivity contribution in [2.45, 2.75) is 33.7 Å². The van der Waals surface area contributed by atoms with Crippen LogP contribution in [0.25, 0.3) is 0 Å². The number of rotatable bonds is 7. The van der Waals surface area contributed by atoms with Crippen LogP contribution in [0.2, 0.25) is 0 Å². The first kappa shape index (κ1) is 16.0. The van der Waals surface area contributed by atoms with Crippen LogP contribution in [0.5, 0.6) is 5.75 Å². The van der Waals surface area contributed by atoms with Gasteiger partial charge in [0.25, 0.3) is 0 Å². The second-order valence-corrected chi connectivity index (χ2v) is 5.67. The Kier molecular flexibility index (Phi) is 5.14. The maximum absolute atomic E-state index is 11.2. The number of aromatic nitrogens is 3. The molecule has 0 radical (unpaired) electrons. The number of nitrogens with zero attached hydrogens (tertiary/aromatic N) is 3. The van der Waals surface area contributed by atoms with Crippen LogP contribution in [0.15, 0.2) is 24.3 Å². The van der Waals surface area contributed by atoms with Crippen molar-refractivity contribution in [3.05, 3.63) is 41.2 Å². The van der Waals surface area contributed by atoms with Gasteiger partial charge in [0.1, 0.15) is 12.4 Å². The third-order valence-corrected chi connectivity index (χ3v) is 3.23. The fourth-order valence-electron chi connectivity index (χ4n) is 2.15. The van der Waals surface area contributed by atoms with Crippen LogP contribution in [-0.4, -0.2) is 32.7 Å². The van der Waals surface area contributed by atoms with Crippen LogP contribution in [0.3, 0.4) is 0 Å². The highest BCUT2D eigenvalue weighted by Gasteiger charge is 2.19. The SMILES string of the molecule is Cc1ccc(OCCn2nnc(C(=O)O)c2CC(C)C)cc1. The molecule has 0 fully saturated rings. The lowest BCUT2D eigenvalue weighted by molar-refractivity contribution is 0.0689. The Bertz CT molecular complexity index is 633. The number of ether oxygens (including phenoxy) is 1. The number of carboxylic acids is 1. The Balaban J connectivity index is 2.02. The zero-order valence-corrected chi connectivity index (χ0v) is 13.1. The maximum atomic E-state index is 11.2. The molecule has 2 aromatic rings. The van der Waals surface area contributed by atoms with Gasteiger partial charge in [-0.25, -0.2) is 9.48 Å². The van der Waals surface area contributed by atoms with Gasteiger partial charge < -0.3 is 9.84 Å². The molecule has 0 saturated carbocycles. The van der Waals surface area contributed by atoms with Gasteiger partial charge in [-0.2, -0.15) is 0 Å². The summed E-state index contributed by atoms with van der Waals surface area (Å²) in [5.74, 6) is 0.0734. The predicted octanol–water partition coefficient (Wildman–Crippen LogP) is 2.56. The minimum atomic E-state index is -1.04. The van der Waals surface area contributed by atoms with Crippen LogP contribution < -0.4 is 4.74 Å². The molecule has 0 amide bonds. The van der Waals surface area contributed by atoms with Crippen molar-refractivity contribution in [1.82, 2.24) is 15.0 Å². The minimum Gasteiger partial charge on any atom is -0.492 e. The Morgan fingerprint density at radius 2 is 2.00 bits per heavy atom. The average molecular weight is 303 g/mol. The van der Waals surface area contributed by atoms with Gasteiger partial charge in [-0.15, -0.1) is 5.10 Å². The Labute approximate surface area is 129 Å². The molecule has 1 N–H and O–H groups in total. The Morgan fingerprint density at radius 1 is 1.32 bits per heavy atom. The van der Waals surface area contributed by atoms with E-state index in [2.05, 4.69) is 10.3 Å². The molecular weight excluding hydrogens is 282 g/mol. The molecule has 6 nitrogen and oxygen atoms in total. The standard InChI is InChI=1S/C16H21N3O3/c1-11(2)10-14-15(16(20)21)17-18-19(14)8-9-22-13-6-4-12(3)5-7-13/h4-7,11H,8-10H2,1-3H3,(H,20,21). The van der Waals surface area contributed by atoms with Crippen LogP contribution in [-0.2, 0) is 13.0 Å². The summed E-state index contributed by atoms with van der Waals surface area (Å²) in [4.78, 5) is 11.2. The number of carboxylic acid groups (broad SMARTS) is 1. The monoisotopic (exact) mass is 303 g/mol. The van der Waals surface area contributed by atoms with Crippen molar-refractivity contribution in [2.24, 2.45) is 5.92 Å². The molecule has 0 unspecified atom stereocenters. The van der Waals surface area contributed by atoms with E-state index >= 15 is 0 Å². The molecule has 0 bridgehead atoms. The zero-order chi connectivity index (χ0) is 16.1. The van der Waals surface area contributed by atoms with Gasteiger partial charge in [0.15, 0.2) is 5.69 Å². The maximum Gasteiger partial charge on any atom is 0.358 e. The quantitative estimate of drug-likeness (QED) is 0.850. The van der Waals surface area contributed by atoms with E-state index < -0.39 is 5.97 Å². The molecule has 1 heterocycles. The summed E-state index contributed by atoms with van der Waals surface area (Å²) >= 11 is 0. The normalized spacial score (nSPS) is 10.9. The topological polar surface area (TPSA) is 77.2 Å². The summed E-state index contributed by atoms with van der Waals surface area (Å²) in [6, 6.07) is 7.79. The molecule has 6 heteroatoms. The first-order valence-corrected chi connectivity index (χ1v) is 7.32. The number of hydrogen-bond donors (Lipinski definition) is 1. The highest BCUT2D eigenvalue weighted by Crippen LogP contribution is 2.14. The van der Waals surface area contributed by atoms with Gasteiger partial charge in [-0.05, 0) is 31.4 Å². The molecule has 0 spiro atoms. The number of hydrogen-bond acceptors (Lipinski definition) is 4. The second-order valence-electron chi connectivity index (χ2n) is 5.67. The molecule has 2 rings (SSSR count). The smallest absolute Gasteiger partial charge is 0.358 e. The molecule has 1 aromatic carbocycles. The van der Waals surface area contributed by atoms with E-state index in [0.717, 1.165) is 5.75 Å². The average Bonchev–Trinajstić information content (AvgIpc) is 2.83. The minimum absolute atomic E-state index is 0.0315. The summed E-state index contributed by atoms with van der Waals surface area (Å²) in [6.07, 6.45) is 0.624. The summed E-state index contributed by atoms with van der Waals surface area (Å²) in [6.45, 7) is 6.97. The lowest BCUT2D eigenvalue weighted by Crippen LogP contribution is -2.15. The second kappa shape index (κ2) is 7.06. The lowest BCUT2D eigenvalue weighted by Gasteiger charge is -2.10. The highest BCUT2D eigenvalue weighted by atomic mass is 16.5. The number of benzene rings is 1. The molecule has 0 saturated heterocycles. The molecule has 118 valence electrons. The van der Waals surface area contributed by atoms with Crippen LogP contribution >= 0.6 is 0 Å². The summed E-state index contributed by atoms with van der Waals surface area (Å²) < 4.78 is 7.28. The van der Waals surface area contributed by atoms with E-state index in [9.17, 15) is 9.90 Å². The van der Waals surface area contributed by atoms with Crippen LogP contribution in [0, 0.1) is 12.8 Å². The van der Waals surface area contributed by atoms with Gasteiger partial charge >= 0.3 is 5.97 Å². The van der Waals surface area contributed by atoms with Crippen LogP contribution in [0.4, 0.5) is 0 Å². The lowest BCUT2D eigenvalue weighted by atomic mass is 10.1. The third kappa shape index (κ3) is 4.07. The van der Waals surface area contributed by atoms with Gasteiger partial charge in [0.2, 0.25) is 0 Å². The first-order valence-electron chi connectivity index (χ1n) is 7.32. The Hall–Kier alpha value is -2.37.